The summed E-state index contributed by atoms with van der Waals surface area (Å²) >= 11 is 0. The highest BCUT2D eigenvalue weighted by molar-refractivity contribution is 5.75. The first-order valence-electron chi connectivity index (χ1n) is 5.73. The van der Waals surface area contributed by atoms with E-state index in [0.29, 0.717) is 6.54 Å². The molecule has 0 aliphatic heterocycles. The Morgan fingerprint density at radius 1 is 1.28 bits per heavy atom. The smallest absolute Gasteiger partial charge is 0.317 e. The first-order chi connectivity index (χ1) is 8.63. The highest BCUT2D eigenvalue weighted by Gasteiger charge is 2.09. The van der Waals surface area contributed by atoms with Gasteiger partial charge in [0.05, 0.1) is 13.5 Å². The normalized spacial score (nSPS) is 9.67. The number of esters is 1. The van der Waals surface area contributed by atoms with Crippen LogP contribution in [-0.2, 0) is 16.1 Å². The molecule has 0 radical (unpaired) electrons. The van der Waals surface area contributed by atoms with Crippen molar-refractivity contribution in [3.05, 3.63) is 35.9 Å². The van der Waals surface area contributed by atoms with Crippen LogP contribution >= 0.6 is 0 Å². The number of urea groups is 1. The molecule has 98 valence electrons. The largest absolute Gasteiger partial charge is 0.469 e. The Labute approximate surface area is 107 Å². The van der Waals surface area contributed by atoms with Crippen molar-refractivity contribution in [1.82, 2.24) is 10.2 Å². The summed E-state index contributed by atoms with van der Waals surface area (Å²) in [5.74, 6) is -0.332. The molecule has 0 saturated carbocycles. The number of nitrogens with zero attached hydrogens (tertiary/aromatic N) is 1. The summed E-state index contributed by atoms with van der Waals surface area (Å²) in [7, 11) is 3.03. The van der Waals surface area contributed by atoms with Gasteiger partial charge in [-0.2, -0.15) is 0 Å². The van der Waals surface area contributed by atoms with E-state index in [-0.39, 0.29) is 25.0 Å². The number of carbonyl (C=O) groups excluding carboxylic acids is 2. The van der Waals surface area contributed by atoms with Crippen molar-refractivity contribution < 1.29 is 14.3 Å². The number of carbonyl (C=O) groups is 2. The van der Waals surface area contributed by atoms with Crippen LogP contribution in [0.5, 0.6) is 0 Å². The van der Waals surface area contributed by atoms with Gasteiger partial charge in [0, 0.05) is 20.1 Å². The molecule has 0 aliphatic rings. The van der Waals surface area contributed by atoms with Gasteiger partial charge in [-0.15, -0.1) is 0 Å². The highest BCUT2D eigenvalue weighted by atomic mass is 16.5. The number of nitrogens with one attached hydrogen (secondary N) is 1. The lowest BCUT2D eigenvalue weighted by Gasteiger charge is -2.17. The van der Waals surface area contributed by atoms with Crippen molar-refractivity contribution >= 4 is 12.0 Å². The first kappa shape index (κ1) is 14.0. The fourth-order valence-corrected chi connectivity index (χ4v) is 1.44. The van der Waals surface area contributed by atoms with E-state index < -0.39 is 0 Å². The molecule has 1 aromatic carbocycles. The molecule has 5 heteroatoms. The summed E-state index contributed by atoms with van der Waals surface area (Å²) < 4.78 is 4.48. The Morgan fingerprint density at radius 2 is 1.94 bits per heavy atom. The van der Waals surface area contributed by atoms with Gasteiger partial charge in [-0.3, -0.25) is 4.79 Å². The van der Waals surface area contributed by atoms with E-state index in [1.54, 1.807) is 11.9 Å². The Morgan fingerprint density at radius 3 is 2.56 bits per heavy atom. The van der Waals surface area contributed by atoms with Gasteiger partial charge >= 0.3 is 12.0 Å². The zero-order valence-corrected chi connectivity index (χ0v) is 10.7. The molecule has 0 bridgehead atoms. The maximum atomic E-state index is 11.7. The molecule has 0 saturated heterocycles. The molecule has 0 fully saturated rings. The third kappa shape index (κ3) is 4.86. The second kappa shape index (κ2) is 7.32. The van der Waals surface area contributed by atoms with Crippen molar-refractivity contribution in [2.45, 2.75) is 13.0 Å². The maximum absolute atomic E-state index is 11.7. The van der Waals surface area contributed by atoms with E-state index in [1.807, 2.05) is 30.3 Å². The van der Waals surface area contributed by atoms with Crippen LogP contribution in [0.2, 0.25) is 0 Å². The zero-order chi connectivity index (χ0) is 13.4. The number of ether oxygens (including phenoxy) is 1. The fraction of sp³-hybridized carbons (Fsp3) is 0.385. The number of methoxy groups -OCH3 is 1. The SMILES string of the molecule is COC(=O)CCNC(=O)N(C)Cc1ccccc1. The molecule has 0 atom stereocenters. The topological polar surface area (TPSA) is 58.6 Å². The molecule has 0 spiro atoms. The molecule has 0 unspecified atom stereocenters. The Hall–Kier alpha value is -2.04. The second-order valence-electron chi connectivity index (χ2n) is 3.90. The lowest BCUT2D eigenvalue weighted by Crippen LogP contribution is -2.37. The first-order valence-corrected chi connectivity index (χ1v) is 5.73. The summed E-state index contributed by atoms with van der Waals surface area (Å²) in [5, 5.41) is 2.65. The molecule has 0 aromatic heterocycles. The van der Waals surface area contributed by atoms with Gasteiger partial charge in [0.1, 0.15) is 0 Å². The van der Waals surface area contributed by atoms with Crippen LogP contribution in [0.15, 0.2) is 30.3 Å². The average molecular weight is 250 g/mol. The minimum absolute atomic E-state index is 0.182. The summed E-state index contributed by atoms with van der Waals surface area (Å²) in [6.45, 7) is 0.815. The monoisotopic (exact) mass is 250 g/mol. The molecule has 5 nitrogen and oxygen atoms in total. The lowest BCUT2D eigenvalue weighted by molar-refractivity contribution is -0.140. The molecule has 2 amide bonds. The van der Waals surface area contributed by atoms with E-state index in [1.165, 1.54) is 7.11 Å². The number of benzene rings is 1. The molecule has 1 rings (SSSR count). The third-order valence-electron chi connectivity index (χ3n) is 2.44. The van der Waals surface area contributed by atoms with E-state index in [2.05, 4.69) is 10.1 Å². The summed E-state index contributed by atoms with van der Waals surface area (Å²) in [5.41, 5.74) is 1.06. The molecular weight excluding hydrogens is 232 g/mol. The van der Waals surface area contributed by atoms with Crippen LogP contribution in [0.4, 0.5) is 4.79 Å². The van der Waals surface area contributed by atoms with Crippen molar-refractivity contribution in [1.29, 1.82) is 0 Å². The number of hydrogen-bond donors (Lipinski definition) is 1. The quantitative estimate of drug-likeness (QED) is 0.803. The van der Waals surface area contributed by atoms with Gasteiger partial charge in [-0.25, -0.2) is 4.79 Å². The average Bonchev–Trinajstić information content (AvgIpc) is 2.39. The van der Waals surface area contributed by atoms with Gasteiger partial charge < -0.3 is 15.0 Å². The second-order valence-corrected chi connectivity index (χ2v) is 3.90. The van der Waals surface area contributed by atoms with Crippen molar-refractivity contribution in [2.24, 2.45) is 0 Å². The minimum Gasteiger partial charge on any atom is -0.469 e. The number of amides is 2. The summed E-state index contributed by atoms with van der Waals surface area (Å²) in [6.07, 6.45) is 0.182. The van der Waals surface area contributed by atoms with Gasteiger partial charge in [0.2, 0.25) is 0 Å². The highest BCUT2D eigenvalue weighted by Crippen LogP contribution is 2.02. The number of rotatable bonds is 5. The molecule has 18 heavy (non-hydrogen) atoms. The van der Waals surface area contributed by atoms with E-state index in [0.717, 1.165) is 5.56 Å². The summed E-state index contributed by atoms with van der Waals surface area (Å²) in [4.78, 5) is 24.1. The minimum atomic E-state index is -0.332. The fourth-order valence-electron chi connectivity index (χ4n) is 1.44. The van der Waals surface area contributed by atoms with Crippen LogP contribution in [0.3, 0.4) is 0 Å². The van der Waals surface area contributed by atoms with E-state index >= 15 is 0 Å². The van der Waals surface area contributed by atoms with Crippen LogP contribution in [0, 0.1) is 0 Å². The summed E-state index contributed by atoms with van der Waals surface area (Å²) in [6, 6.07) is 9.50. The zero-order valence-electron chi connectivity index (χ0n) is 10.7. The standard InChI is InChI=1S/C13H18N2O3/c1-15(10-11-6-4-3-5-7-11)13(17)14-9-8-12(16)18-2/h3-7H,8-10H2,1-2H3,(H,14,17). The van der Waals surface area contributed by atoms with Gasteiger partial charge in [-0.05, 0) is 5.56 Å². The number of hydrogen-bond acceptors (Lipinski definition) is 3. The Kier molecular flexibility index (Phi) is 5.70. The maximum Gasteiger partial charge on any atom is 0.317 e. The molecule has 1 aromatic rings. The van der Waals surface area contributed by atoms with Gasteiger partial charge in [0.15, 0.2) is 0 Å². The predicted octanol–water partition coefficient (Wildman–Crippen LogP) is 1.39. The predicted molar refractivity (Wildman–Crippen MR) is 67.9 cm³/mol. The van der Waals surface area contributed by atoms with E-state index in [9.17, 15) is 9.59 Å². The van der Waals surface area contributed by atoms with Crippen molar-refractivity contribution in [3.63, 3.8) is 0 Å². The molecule has 0 aliphatic carbocycles. The van der Waals surface area contributed by atoms with Gasteiger partial charge in [0.25, 0.3) is 0 Å². The van der Waals surface area contributed by atoms with E-state index in [4.69, 9.17) is 0 Å². The van der Waals surface area contributed by atoms with Crippen LogP contribution in [-0.4, -0.2) is 37.6 Å². The Bertz CT molecular complexity index is 392. The van der Waals surface area contributed by atoms with Crippen molar-refractivity contribution in [2.75, 3.05) is 20.7 Å². The Balaban J connectivity index is 2.31. The van der Waals surface area contributed by atoms with Crippen molar-refractivity contribution in [3.8, 4) is 0 Å². The van der Waals surface area contributed by atoms with Crippen LogP contribution in [0.1, 0.15) is 12.0 Å². The van der Waals surface area contributed by atoms with Crippen LogP contribution < -0.4 is 5.32 Å². The molecule has 0 heterocycles. The van der Waals surface area contributed by atoms with Gasteiger partial charge in [-0.1, -0.05) is 30.3 Å². The van der Waals surface area contributed by atoms with Crippen LogP contribution in [0.25, 0.3) is 0 Å². The molecular formula is C13H18N2O3. The lowest BCUT2D eigenvalue weighted by atomic mass is 10.2. The third-order valence-corrected chi connectivity index (χ3v) is 2.44. The molecule has 1 N–H and O–H groups in total.